The van der Waals surface area contributed by atoms with Crippen LogP contribution >= 0.6 is 11.6 Å². The van der Waals surface area contributed by atoms with Gasteiger partial charge in [0, 0.05) is 12.6 Å². The molecule has 0 aromatic heterocycles. The Kier molecular flexibility index (Phi) is 4.12. The summed E-state index contributed by atoms with van der Waals surface area (Å²) in [6.07, 6.45) is 2.36. The van der Waals surface area contributed by atoms with E-state index in [0.717, 1.165) is 6.08 Å². The number of nitrogens with one attached hydrogen (secondary N) is 1. The van der Waals surface area contributed by atoms with E-state index in [2.05, 4.69) is 5.32 Å². The number of rotatable bonds is 4. The van der Waals surface area contributed by atoms with E-state index in [1.165, 1.54) is 18.2 Å². The number of carboxylic acid groups (broad SMARTS) is 1. The van der Waals surface area contributed by atoms with Crippen molar-refractivity contribution in [2.24, 2.45) is 0 Å². The van der Waals surface area contributed by atoms with E-state index >= 15 is 0 Å². The second-order valence-electron chi connectivity index (χ2n) is 2.72. The molecule has 0 aliphatic carbocycles. The van der Waals surface area contributed by atoms with E-state index in [-0.39, 0.29) is 17.3 Å². The quantitative estimate of drug-likeness (QED) is 0.780. The summed E-state index contributed by atoms with van der Waals surface area (Å²) in [4.78, 5) is 10.1. The second kappa shape index (κ2) is 5.36. The molecule has 1 rings (SSSR count). The molecule has 0 aliphatic heterocycles. The van der Waals surface area contributed by atoms with Crippen molar-refractivity contribution >= 4 is 23.3 Å². The summed E-state index contributed by atoms with van der Waals surface area (Å²) >= 11 is 5.55. The lowest BCUT2D eigenvalue weighted by atomic mass is 10.3. The minimum Gasteiger partial charge on any atom is -0.478 e. The highest BCUT2D eigenvalue weighted by atomic mass is 35.5. The average molecular weight is 230 g/mol. The molecule has 1 aromatic carbocycles. The van der Waals surface area contributed by atoms with Crippen molar-refractivity contribution in [3.63, 3.8) is 0 Å². The van der Waals surface area contributed by atoms with Crippen molar-refractivity contribution in [1.82, 2.24) is 0 Å². The first kappa shape index (κ1) is 11.5. The van der Waals surface area contributed by atoms with Gasteiger partial charge in [-0.15, -0.1) is 0 Å². The molecule has 0 bridgehead atoms. The zero-order valence-corrected chi connectivity index (χ0v) is 8.46. The first-order chi connectivity index (χ1) is 7.11. The molecule has 15 heavy (non-hydrogen) atoms. The number of halogens is 2. The van der Waals surface area contributed by atoms with Gasteiger partial charge in [0.2, 0.25) is 0 Å². The Morgan fingerprint density at radius 1 is 1.60 bits per heavy atom. The van der Waals surface area contributed by atoms with Crippen LogP contribution in [-0.2, 0) is 4.79 Å². The summed E-state index contributed by atoms with van der Waals surface area (Å²) in [6.45, 7) is 0.226. The number of carbonyl (C=O) groups is 1. The number of benzene rings is 1. The van der Waals surface area contributed by atoms with E-state index in [1.54, 1.807) is 6.07 Å². The van der Waals surface area contributed by atoms with Crippen LogP contribution in [-0.4, -0.2) is 17.6 Å². The van der Waals surface area contributed by atoms with Gasteiger partial charge in [-0.3, -0.25) is 0 Å². The molecule has 0 unspecified atom stereocenters. The predicted molar refractivity (Wildman–Crippen MR) is 56.7 cm³/mol. The zero-order valence-electron chi connectivity index (χ0n) is 7.71. The van der Waals surface area contributed by atoms with Crippen LogP contribution in [0.3, 0.4) is 0 Å². The number of aliphatic carboxylic acids is 1. The molecule has 2 N–H and O–H groups in total. The maximum Gasteiger partial charge on any atom is 0.328 e. The Morgan fingerprint density at radius 3 is 3.00 bits per heavy atom. The Balaban J connectivity index is 2.58. The normalized spacial score (nSPS) is 10.5. The van der Waals surface area contributed by atoms with Gasteiger partial charge < -0.3 is 10.4 Å². The van der Waals surface area contributed by atoms with Crippen LogP contribution in [0.2, 0.25) is 5.02 Å². The zero-order chi connectivity index (χ0) is 11.3. The minimum absolute atomic E-state index is 0.0298. The fourth-order valence-electron chi connectivity index (χ4n) is 0.969. The molecule has 0 fully saturated rings. The molecule has 1 aromatic rings. The molecular weight excluding hydrogens is 221 g/mol. The van der Waals surface area contributed by atoms with Crippen molar-refractivity contribution in [3.8, 4) is 0 Å². The minimum atomic E-state index is -1.04. The summed E-state index contributed by atoms with van der Waals surface area (Å²) in [5.74, 6) is -1.58. The smallest absolute Gasteiger partial charge is 0.328 e. The summed E-state index contributed by atoms with van der Waals surface area (Å²) in [7, 11) is 0. The third-order valence-corrected chi connectivity index (χ3v) is 1.91. The Morgan fingerprint density at radius 2 is 2.33 bits per heavy atom. The van der Waals surface area contributed by atoms with Gasteiger partial charge in [0.1, 0.15) is 0 Å². The molecule has 0 saturated heterocycles. The molecule has 0 radical (unpaired) electrons. The van der Waals surface area contributed by atoms with Gasteiger partial charge in [-0.25, -0.2) is 9.18 Å². The summed E-state index contributed by atoms with van der Waals surface area (Å²) < 4.78 is 13.3. The van der Waals surface area contributed by atoms with Crippen LogP contribution in [0.25, 0.3) is 0 Å². The lowest BCUT2D eigenvalue weighted by Crippen LogP contribution is -2.01. The first-order valence-electron chi connectivity index (χ1n) is 4.18. The van der Waals surface area contributed by atoms with Gasteiger partial charge >= 0.3 is 5.97 Å². The van der Waals surface area contributed by atoms with Gasteiger partial charge in [-0.05, 0) is 12.1 Å². The Hall–Kier alpha value is -1.55. The Labute approximate surface area is 91.2 Å². The number of carboxylic acids is 1. The highest BCUT2D eigenvalue weighted by molar-refractivity contribution is 6.31. The van der Waals surface area contributed by atoms with Crippen molar-refractivity contribution in [1.29, 1.82) is 0 Å². The van der Waals surface area contributed by atoms with Crippen molar-refractivity contribution in [3.05, 3.63) is 41.2 Å². The number of anilines is 1. The molecule has 5 heteroatoms. The van der Waals surface area contributed by atoms with E-state index in [1.807, 2.05) is 0 Å². The highest BCUT2D eigenvalue weighted by Gasteiger charge is 2.03. The maximum absolute atomic E-state index is 13.3. The van der Waals surface area contributed by atoms with Crippen molar-refractivity contribution in [2.75, 3.05) is 11.9 Å². The van der Waals surface area contributed by atoms with E-state index < -0.39 is 11.8 Å². The third-order valence-electron chi connectivity index (χ3n) is 1.62. The molecular formula is C10H9ClFNO2. The monoisotopic (exact) mass is 229 g/mol. The van der Waals surface area contributed by atoms with Gasteiger partial charge in [0.05, 0.1) is 10.7 Å². The van der Waals surface area contributed by atoms with Gasteiger partial charge in [-0.2, -0.15) is 0 Å². The van der Waals surface area contributed by atoms with E-state index in [9.17, 15) is 9.18 Å². The maximum atomic E-state index is 13.3. The lowest BCUT2D eigenvalue weighted by molar-refractivity contribution is -0.131. The molecule has 0 atom stereocenters. The molecule has 0 saturated carbocycles. The summed E-state index contributed by atoms with van der Waals surface area (Å²) in [5, 5.41) is 11.0. The van der Waals surface area contributed by atoms with E-state index in [0.29, 0.717) is 0 Å². The largest absolute Gasteiger partial charge is 0.478 e. The van der Waals surface area contributed by atoms with Crippen LogP contribution in [0.4, 0.5) is 10.1 Å². The molecule has 3 nitrogen and oxygen atoms in total. The molecule has 0 spiro atoms. The Bertz CT molecular complexity index is 393. The van der Waals surface area contributed by atoms with Crippen LogP contribution < -0.4 is 5.32 Å². The average Bonchev–Trinajstić information content (AvgIpc) is 2.18. The predicted octanol–water partition coefficient (Wildman–Crippen LogP) is 2.53. The van der Waals surface area contributed by atoms with Crippen LogP contribution in [0.5, 0.6) is 0 Å². The molecule has 80 valence electrons. The fraction of sp³-hybridized carbons (Fsp3) is 0.100. The standard InChI is InChI=1S/C10H9ClFNO2/c11-7-3-1-4-8(10(7)12)13-6-2-5-9(14)15/h1-5,13H,6H2,(H,14,15)/b5-2+. The number of hydrogen-bond donors (Lipinski definition) is 2. The second-order valence-corrected chi connectivity index (χ2v) is 3.13. The highest BCUT2D eigenvalue weighted by Crippen LogP contribution is 2.21. The third kappa shape index (κ3) is 3.59. The summed E-state index contributed by atoms with van der Waals surface area (Å²) in [6, 6.07) is 4.57. The topological polar surface area (TPSA) is 49.3 Å². The van der Waals surface area contributed by atoms with Crippen LogP contribution in [0, 0.1) is 5.82 Å². The first-order valence-corrected chi connectivity index (χ1v) is 4.56. The number of hydrogen-bond acceptors (Lipinski definition) is 2. The molecule has 0 amide bonds. The van der Waals surface area contributed by atoms with Gasteiger partial charge in [-0.1, -0.05) is 23.7 Å². The SMILES string of the molecule is O=C(O)/C=C/CNc1cccc(Cl)c1F. The van der Waals surface area contributed by atoms with Crippen LogP contribution in [0.1, 0.15) is 0 Å². The fourth-order valence-corrected chi connectivity index (χ4v) is 1.14. The van der Waals surface area contributed by atoms with E-state index in [4.69, 9.17) is 16.7 Å². The van der Waals surface area contributed by atoms with Gasteiger partial charge in [0.15, 0.2) is 5.82 Å². The van der Waals surface area contributed by atoms with Gasteiger partial charge in [0.25, 0.3) is 0 Å². The molecule has 0 aliphatic rings. The summed E-state index contributed by atoms with van der Waals surface area (Å²) in [5.41, 5.74) is 0.248. The van der Waals surface area contributed by atoms with Crippen LogP contribution in [0.15, 0.2) is 30.4 Å². The molecule has 0 heterocycles. The van der Waals surface area contributed by atoms with Crippen molar-refractivity contribution in [2.45, 2.75) is 0 Å². The van der Waals surface area contributed by atoms with Crippen molar-refractivity contribution < 1.29 is 14.3 Å². The lowest BCUT2D eigenvalue weighted by Gasteiger charge is -2.05.